The largest absolute Gasteiger partial charge is 0.481 e. The summed E-state index contributed by atoms with van der Waals surface area (Å²) in [5, 5.41) is 11.2. The molecule has 1 aromatic rings. The van der Waals surface area contributed by atoms with Crippen molar-refractivity contribution in [3.63, 3.8) is 0 Å². The van der Waals surface area contributed by atoms with Crippen molar-refractivity contribution < 1.29 is 19.5 Å². The predicted octanol–water partition coefficient (Wildman–Crippen LogP) is 0.333. The second-order valence-electron chi connectivity index (χ2n) is 4.92. The van der Waals surface area contributed by atoms with Crippen LogP contribution in [0.2, 0.25) is 0 Å². The van der Waals surface area contributed by atoms with Gasteiger partial charge in [0, 0.05) is 6.54 Å². The summed E-state index contributed by atoms with van der Waals surface area (Å²) in [5.41, 5.74) is 1.67. The predicted molar refractivity (Wildman–Crippen MR) is 70.9 cm³/mol. The Hall–Kier alpha value is -2.21. The summed E-state index contributed by atoms with van der Waals surface area (Å²) >= 11 is 0. The van der Waals surface area contributed by atoms with Gasteiger partial charge in [-0.1, -0.05) is 24.3 Å². The SMILES string of the molecule is CC(C(=O)O)c1ccc(CN2CC(=O)NC(=O)C2)cc1. The molecular formula is C14H16N2O4. The van der Waals surface area contributed by atoms with Gasteiger partial charge in [0.1, 0.15) is 0 Å². The fourth-order valence-electron chi connectivity index (χ4n) is 2.12. The Kier molecular flexibility index (Phi) is 4.14. The lowest BCUT2D eigenvalue weighted by molar-refractivity contribution is -0.139. The van der Waals surface area contributed by atoms with Gasteiger partial charge in [-0.3, -0.25) is 24.6 Å². The first kappa shape index (κ1) is 14.2. The highest BCUT2D eigenvalue weighted by Crippen LogP contribution is 2.17. The van der Waals surface area contributed by atoms with Crippen molar-refractivity contribution in [2.75, 3.05) is 13.1 Å². The van der Waals surface area contributed by atoms with Crippen LogP contribution in [0.25, 0.3) is 0 Å². The number of amides is 2. The van der Waals surface area contributed by atoms with Gasteiger partial charge in [-0.05, 0) is 18.1 Å². The Morgan fingerprint density at radius 3 is 2.30 bits per heavy atom. The molecule has 1 aliphatic rings. The van der Waals surface area contributed by atoms with Crippen molar-refractivity contribution in [1.29, 1.82) is 0 Å². The highest BCUT2D eigenvalue weighted by molar-refractivity contribution is 5.99. The standard InChI is InChI=1S/C14H16N2O4/c1-9(14(19)20)11-4-2-10(3-5-11)6-16-7-12(17)15-13(18)8-16/h2-5,9H,6-8H2,1H3,(H,19,20)(H,15,17,18). The third-order valence-corrected chi connectivity index (χ3v) is 3.27. The molecule has 106 valence electrons. The summed E-state index contributed by atoms with van der Waals surface area (Å²) in [6.07, 6.45) is 0. The first-order valence-electron chi connectivity index (χ1n) is 6.32. The molecule has 0 bridgehead atoms. The van der Waals surface area contributed by atoms with Gasteiger partial charge >= 0.3 is 5.97 Å². The smallest absolute Gasteiger partial charge is 0.310 e. The number of hydrogen-bond acceptors (Lipinski definition) is 4. The average Bonchev–Trinajstić information content (AvgIpc) is 2.37. The van der Waals surface area contributed by atoms with E-state index in [2.05, 4.69) is 5.32 Å². The van der Waals surface area contributed by atoms with Crippen molar-refractivity contribution in [3.05, 3.63) is 35.4 Å². The van der Waals surface area contributed by atoms with Crippen LogP contribution in [0.5, 0.6) is 0 Å². The zero-order valence-corrected chi connectivity index (χ0v) is 11.1. The molecule has 20 heavy (non-hydrogen) atoms. The number of imide groups is 1. The maximum Gasteiger partial charge on any atom is 0.310 e. The lowest BCUT2D eigenvalue weighted by Gasteiger charge is -2.25. The number of nitrogens with one attached hydrogen (secondary N) is 1. The zero-order chi connectivity index (χ0) is 14.7. The van der Waals surface area contributed by atoms with Crippen molar-refractivity contribution in [3.8, 4) is 0 Å². The topological polar surface area (TPSA) is 86.7 Å². The number of carbonyl (C=O) groups excluding carboxylic acids is 2. The summed E-state index contributed by atoms with van der Waals surface area (Å²) in [5.74, 6) is -2.00. The van der Waals surface area contributed by atoms with Gasteiger partial charge < -0.3 is 5.11 Å². The van der Waals surface area contributed by atoms with E-state index in [0.717, 1.165) is 11.1 Å². The molecule has 0 aromatic heterocycles. The van der Waals surface area contributed by atoms with E-state index in [1.54, 1.807) is 24.0 Å². The molecule has 0 spiro atoms. The molecule has 0 saturated carbocycles. The number of piperazine rings is 1. The highest BCUT2D eigenvalue weighted by Gasteiger charge is 2.22. The van der Waals surface area contributed by atoms with E-state index < -0.39 is 11.9 Å². The third kappa shape index (κ3) is 3.42. The highest BCUT2D eigenvalue weighted by atomic mass is 16.4. The van der Waals surface area contributed by atoms with E-state index in [4.69, 9.17) is 5.11 Å². The molecule has 2 rings (SSSR count). The van der Waals surface area contributed by atoms with Crippen LogP contribution in [0, 0.1) is 0 Å². The van der Waals surface area contributed by atoms with Crippen molar-refractivity contribution in [2.45, 2.75) is 19.4 Å². The normalized spacial score (nSPS) is 17.6. The van der Waals surface area contributed by atoms with Gasteiger partial charge in [-0.2, -0.15) is 0 Å². The van der Waals surface area contributed by atoms with Crippen LogP contribution in [0.4, 0.5) is 0 Å². The third-order valence-electron chi connectivity index (χ3n) is 3.27. The number of carboxylic acids is 1. The number of aliphatic carboxylic acids is 1. The second kappa shape index (κ2) is 5.83. The first-order valence-corrected chi connectivity index (χ1v) is 6.32. The Labute approximate surface area is 116 Å². The number of nitrogens with zero attached hydrogens (tertiary/aromatic N) is 1. The molecule has 1 atom stereocenters. The number of hydrogen-bond donors (Lipinski definition) is 2. The first-order chi connectivity index (χ1) is 9.45. The van der Waals surface area contributed by atoms with Crippen LogP contribution in [0.1, 0.15) is 24.0 Å². The fraction of sp³-hybridized carbons (Fsp3) is 0.357. The summed E-state index contributed by atoms with van der Waals surface area (Å²) in [6.45, 7) is 2.50. The van der Waals surface area contributed by atoms with Crippen LogP contribution in [-0.2, 0) is 20.9 Å². The summed E-state index contributed by atoms with van der Waals surface area (Å²) in [7, 11) is 0. The van der Waals surface area contributed by atoms with Crippen LogP contribution < -0.4 is 5.32 Å². The molecular weight excluding hydrogens is 260 g/mol. The monoisotopic (exact) mass is 276 g/mol. The minimum Gasteiger partial charge on any atom is -0.481 e. The Morgan fingerprint density at radius 1 is 1.25 bits per heavy atom. The second-order valence-corrected chi connectivity index (χ2v) is 4.92. The maximum absolute atomic E-state index is 11.3. The van der Waals surface area contributed by atoms with Gasteiger partial charge in [0.2, 0.25) is 11.8 Å². The Balaban J connectivity index is 2.02. The van der Waals surface area contributed by atoms with E-state index >= 15 is 0 Å². The average molecular weight is 276 g/mol. The van der Waals surface area contributed by atoms with Crippen LogP contribution in [-0.4, -0.2) is 40.9 Å². The quantitative estimate of drug-likeness (QED) is 0.774. The molecule has 1 aromatic carbocycles. The summed E-state index contributed by atoms with van der Waals surface area (Å²) in [4.78, 5) is 35.1. The van der Waals surface area contributed by atoms with E-state index in [0.29, 0.717) is 6.54 Å². The number of rotatable bonds is 4. The molecule has 1 fully saturated rings. The van der Waals surface area contributed by atoms with Crippen LogP contribution >= 0.6 is 0 Å². The minimum absolute atomic E-state index is 0.193. The molecule has 2 amide bonds. The fourth-order valence-corrected chi connectivity index (χ4v) is 2.12. The molecule has 1 saturated heterocycles. The number of carbonyl (C=O) groups is 3. The van der Waals surface area contributed by atoms with Gasteiger partial charge in [0.25, 0.3) is 0 Å². The van der Waals surface area contributed by atoms with E-state index in [-0.39, 0.29) is 24.9 Å². The molecule has 0 radical (unpaired) electrons. The molecule has 0 aliphatic carbocycles. The van der Waals surface area contributed by atoms with Crippen molar-refractivity contribution >= 4 is 17.8 Å². The molecule has 1 aliphatic heterocycles. The van der Waals surface area contributed by atoms with Crippen LogP contribution in [0.15, 0.2) is 24.3 Å². The summed E-state index contributed by atoms with van der Waals surface area (Å²) in [6, 6.07) is 7.18. The Bertz CT molecular complexity index is 523. The van der Waals surface area contributed by atoms with Gasteiger partial charge in [0.15, 0.2) is 0 Å². The lowest BCUT2D eigenvalue weighted by Crippen LogP contribution is -2.50. The number of carboxylic acid groups (broad SMARTS) is 1. The van der Waals surface area contributed by atoms with Crippen molar-refractivity contribution in [1.82, 2.24) is 10.2 Å². The molecule has 1 unspecified atom stereocenters. The van der Waals surface area contributed by atoms with E-state index in [9.17, 15) is 14.4 Å². The molecule has 2 N–H and O–H groups in total. The minimum atomic E-state index is -0.865. The van der Waals surface area contributed by atoms with E-state index in [1.807, 2.05) is 12.1 Å². The molecule has 1 heterocycles. The lowest BCUT2D eigenvalue weighted by atomic mass is 10.00. The summed E-state index contributed by atoms with van der Waals surface area (Å²) < 4.78 is 0. The Morgan fingerprint density at radius 2 is 1.80 bits per heavy atom. The molecule has 6 nitrogen and oxygen atoms in total. The zero-order valence-electron chi connectivity index (χ0n) is 11.1. The number of benzene rings is 1. The van der Waals surface area contributed by atoms with Gasteiger partial charge in [-0.15, -0.1) is 0 Å². The van der Waals surface area contributed by atoms with E-state index in [1.165, 1.54) is 0 Å². The van der Waals surface area contributed by atoms with Crippen molar-refractivity contribution in [2.24, 2.45) is 0 Å². The van der Waals surface area contributed by atoms with Gasteiger partial charge in [-0.25, -0.2) is 0 Å². The maximum atomic E-state index is 11.3. The van der Waals surface area contributed by atoms with Gasteiger partial charge in [0.05, 0.1) is 19.0 Å². The molecule has 6 heteroatoms. The van der Waals surface area contributed by atoms with Crippen LogP contribution in [0.3, 0.4) is 0 Å².